The highest BCUT2D eigenvalue weighted by atomic mass is 16.5. The summed E-state index contributed by atoms with van der Waals surface area (Å²) in [5.41, 5.74) is 1.22. The molecule has 1 aliphatic rings. The summed E-state index contributed by atoms with van der Waals surface area (Å²) < 4.78 is 5.48. The fraction of sp³-hybridized carbons (Fsp3) is 0.636. The van der Waals surface area contributed by atoms with Gasteiger partial charge in [0.15, 0.2) is 0 Å². The minimum atomic E-state index is 0.105. The number of hydrogen-bond acceptors (Lipinski definition) is 4. The Hall–Kier alpha value is -1.00. The van der Waals surface area contributed by atoms with E-state index in [9.17, 15) is 0 Å². The highest BCUT2D eigenvalue weighted by Gasteiger charge is 2.26. The second kappa shape index (κ2) is 4.68. The van der Waals surface area contributed by atoms with Crippen molar-refractivity contribution >= 4 is 0 Å². The average molecular weight is 207 g/mol. The zero-order valence-electron chi connectivity index (χ0n) is 9.07. The molecule has 1 atom stereocenters. The maximum Gasteiger partial charge on any atom is 0.115 e. The van der Waals surface area contributed by atoms with E-state index in [1.807, 2.05) is 12.4 Å². The minimum Gasteiger partial charge on any atom is -0.380 e. The van der Waals surface area contributed by atoms with Gasteiger partial charge in [-0.2, -0.15) is 0 Å². The summed E-state index contributed by atoms with van der Waals surface area (Å²) in [6.07, 6.45) is 7.53. The van der Waals surface area contributed by atoms with Gasteiger partial charge in [0, 0.05) is 36.6 Å². The third-order valence-corrected chi connectivity index (χ3v) is 2.77. The van der Waals surface area contributed by atoms with E-state index < -0.39 is 0 Å². The van der Waals surface area contributed by atoms with Gasteiger partial charge in [0.25, 0.3) is 0 Å². The number of hydrogen-bond donors (Lipinski definition) is 1. The van der Waals surface area contributed by atoms with E-state index in [1.54, 1.807) is 6.33 Å². The molecule has 15 heavy (non-hydrogen) atoms. The Morgan fingerprint density at radius 2 is 2.27 bits per heavy atom. The normalized spacial score (nSPS) is 26.5. The molecule has 1 N–H and O–H groups in total. The Balaban J connectivity index is 1.87. The first-order valence-electron chi connectivity index (χ1n) is 5.35. The molecule has 0 bridgehead atoms. The van der Waals surface area contributed by atoms with Crippen LogP contribution in [0.15, 0.2) is 18.7 Å². The monoisotopic (exact) mass is 207 g/mol. The van der Waals surface area contributed by atoms with E-state index in [0.717, 1.165) is 31.7 Å². The summed E-state index contributed by atoms with van der Waals surface area (Å²) in [5.74, 6) is 0. The number of nitrogens with zero attached hydrogens (tertiary/aromatic N) is 2. The van der Waals surface area contributed by atoms with Crippen molar-refractivity contribution in [2.24, 2.45) is 0 Å². The largest absolute Gasteiger partial charge is 0.380 e. The van der Waals surface area contributed by atoms with Crippen LogP contribution in [0.1, 0.15) is 25.3 Å². The first-order chi connectivity index (χ1) is 7.29. The molecule has 0 saturated carbocycles. The third-order valence-electron chi connectivity index (χ3n) is 2.77. The SMILES string of the molecule is CC1(NCc2cncnc2)CCCOC1. The van der Waals surface area contributed by atoms with Crippen LogP contribution in [0, 0.1) is 0 Å². The number of rotatable bonds is 3. The molecule has 4 heteroatoms. The Morgan fingerprint density at radius 3 is 2.93 bits per heavy atom. The second-order valence-electron chi connectivity index (χ2n) is 4.32. The molecule has 82 valence electrons. The van der Waals surface area contributed by atoms with Gasteiger partial charge in [-0.15, -0.1) is 0 Å². The smallest absolute Gasteiger partial charge is 0.115 e. The van der Waals surface area contributed by atoms with Crippen molar-refractivity contribution in [3.05, 3.63) is 24.3 Å². The van der Waals surface area contributed by atoms with Gasteiger partial charge >= 0.3 is 0 Å². The van der Waals surface area contributed by atoms with Crippen LogP contribution in [0.4, 0.5) is 0 Å². The molecule has 4 nitrogen and oxygen atoms in total. The fourth-order valence-electron chi connectivity index (χ4n) is 1.81. The van der Waals surface area contributed by atoms with Crippen molar-refractivity contribution in [3.8, 4) is 0 Å². The fourth-order valence-corrected chi connectivity index (χ4v) is 1.81. The Labute approximate surface area is 90.1 Å². The summed E-state index contributed by atoms with van der Waals surface area (Å²) in [6.45, 7) is 4.70. The summed E-state index contributed by atoms with van der Waals surface area (Å²) in [5, 5.41) is 3.51. The number of aromatic nitrogens is 2. The van der Waals surface area contributed by atoms with Gasteiger partial charge in [-0.1, -0.05) is 0 Å². The number of ether oxygens (including phenoxy) is 1. The van der Waals surface area contributed by atoms with Gasteiger partial charge in [-0.3, -0.25) is 0 Å². The maximum absolute atomic E-state index is 5.48. The molecule has 2 heterocycles. The summed E-state index contributed by atoms with van der Waals surface area (Å²) in [7, 11) is 0. The van der Waals surface area contributed by atoms with E-state index in [1.165, 1.54) is 6.42 Å². The van der Waals surface area contributed by atoms with Crippen molar-refractivity contribution in [2.45, 2.75) is 31.8 Å². The molecule has 2 rings (SSSR count). The quantitative estimate of drug-likeness (QED) is 0.807. The van der Waals surface area contributed by atoms with Crippen LogP contribution in [-0.2, 0) is 11.3 Å². The third kappa shape index (κ3) is 2.97. The predicted octanol–water partition coefficient (Wildman–Crippen LogP) is 1.14. The molecular weight excluding hydrogens is 190 g/mol. The molecule has 0 spiro atoms. The van der Waals surface area contributed by atoms with Crippen LogP contribution in [0.5, 0.6) is 0 Å². The van der Waals surface area contributed by atoms with E-state index >= 15 is 0 Å². The van der Waals surface area contributed by atoms with Gasteiger partial charge < -0.3 is 10.1 Å². The van der Waals surface area contributed by atoms with Gasteiger partial charge in [-0.05, 0) is 19.8 Å². The first kappa shape index (κ1) is 10.5. The van der Waals surface area contributed by atoms with E-state index in [0.29, 0.717) is 0 Å². The predicted molar refractivity (Wildman–Crippen MR) is 57.3 cm³/mol. The Morgan fingerprint density at radius 1 is 1.47 bits per heavy atom. The molecule has 1 aromatic heterocycles. The summed E-state index contributed by atoms with van der Waals surface area (Å²) >= 11 is 0. The lowest BCUT2D eigenvalue weighted by Gasteiger charge is -2.34. The molecule has 0 aromatic carbocycles. The van der Waals surface area contributed by atoms with Crippen molar-refractivity contribution in [3.63, 3.8) is 0 Å². The van der Waals surface area contributed by atoms with Crippen LogP contribution in [0.3, 0.4) is 0 Å². The standard InChI is InChI=1S/C11H17N3O/c1-11(3-2-4-15-8-11)14-7-10-5-12-9-13-6-10/h5-6,9,14H,2-4,7-8H2,1H3. The van der Waals surface area contributed by atoms with E-state index in [2.05, 4.69) is 22.2 Å². The molecular formula is C11H17N3O. The van der Waals surface area contributed by atoms with Gasteiger partial charge in [0.2, 0.25) is 0 Å². The van der Waals surface area contributed by atoms with Crippen LogP contribution in [0.25, 0.3) is 0 Å². The van der Waals surface area contributed by atoms with Gasteiger partial charge in [0.1, 0.15) is 6.33 Å². The lowest BCUT2D eigenvalue weighted by Crippen LogP contribution is -2.48. The van der Waals surface area contributed by atoms with Crippen LogP contribution >= 0.6 is 0 Å². The van der Waals surface area contributed by atoms with Crippen molar-refractivity contribution in [2.75, 3.05) is 13.2 Å². The Kier molecular flexibility index (Phi) is 3.28. The van der Waals surface area contributed by atoms with Crippen LogP contribution in [0.2, 0.25) is 0 Å². The molecule has 1 aliphatic heterocycles. The Bertz CT molecular complexity index is 296. The number of nitrogens with one attached hydrogen (secondary N) is 1. The molecule has 1 unspecified atom stereocenters. The summed E-state index contributed by atoms with van der Waals surface area (Å²) in [4.78, 5) is 7.98. The van der Waals surface area contributed by atoms with E-state index in [-0.39, 0.29) is 5.54 Å². The zero-order valence-corrected chi connectivity index (χ0v) is 9.07. The highest BCUT2D eigenvalue weighted by Crippen LogP contribution is 2.18. The van der Waals surface area contributed by atoms with Crippen LogP contribution < -0.4 is 5.32 Å². The minimum absolute atomic E-state index is 0.105. The molecule has 1 aromatic rings. The van der Waals surface area contributed by atoms with Gasteiger partial charge in [-0.25, -0.2) is 9.97 Å². The van der Waals surface area contributed by atoms with E-state index in [4.69, 9.17) is 4.74 Å². The van der Waals surface area contributed by atoms with Crippen molar-refractivity contribution in [1.82, 2.24) is 15.3 Å². The lowest BCUT2D eigenvalue weighted by atomic mass is 9.95. The summed E-state index contributed by atoms with van der Waals surface area (Å²) in [6, 6.07) is 0. The lowest BCUT2D eigenvalue weighted by molar-refractivity contribution is 0.0277. The van der Waals surface area contributed by atoms with Crippen molar-refractivity contribution in [1.29, 1.82) is 0 Å². The van der Waals surface area contributed by atoms with Gasteiger partial charge in [0.05, 0.1) is 6.61 Å². The first-order valence-corrected chi connectivity index (χ1v) is 5.35. The second-order valence-corrected chi connectivity index (χ2v) is 4.32. The molecule has 0 amide bonds. The zero-order chi connectivity index (χ0) is 10.6. The highest BCUT2D eigenvalue weighted by molar-refractivity contribution is 5.03. The molecule has 1 saturated heterocycles. The van der Waals surface area contributed by atoms with Crippen LogP contribution in [-0.4, -0.2) is 28.7 Å². The topological polar surface area (TPSA) is 47.0 Å². The molecule has 1 fully saturated rings. The average Bonchev–Trinajstić information content (AvgIpc) is 2.29. The molecule has 0 radical (unpaired) electrons. The van der Waals surface area contributed by atoms with Crippen molar-refractivity contribution < 1.29 is 4.74 Å². The molecule has 0 aliphatic carbocycles. The maximum atomic E-state index is 5.48.